The van der Waals surface area contributed by atoms with Gasteiger partial charge < -0.3 is 10.2 Å². The van der Waals surface area contributed by atoms with Crippen LogP contribution in [0, 0.1) is 12.3 Å². The van der Waals surface area contributed by atoms with Crippen LogP contribution in [-0.2, 0) is 13.0 Å². The van der Waals surface area contributed by atoms with E-state index < -0.39 is 6.43 Å². The van der Waals surface area contributed by atoms with E-state index in [0.29, 0.717) is 16.8 Å². The fourth-order valence-electron chi connectivity index (χ4n) is 4.94. The van der Waals surface area contributed by atoms with Crippen LogP contribution in [0.3, 0.4) is 0 Å². The normalized spacial score (nSPS) is 20.2. The highest BCUT2D eigenvalue weighted by Crippen LogP contribution is 2.53. The Bertz CT molecular complexity index is 1220. The van der Waals surface area contributed by atoms with Gasteiger partial charge in [0, 0.05) is 29.8 Å². The number of carbonyl (C=O) groups is 1. The number of carbonyl (C=O) groups excluding carboxylic acids is 1. The smallest absolute Gasteiger partial charge is 0.280 e. The molecule has 11 heteroatoms. The molecule has 1 saturated carbocycles. The van der Waals surface area contributed by atoms with E-state index in [1.807, 2.05) is 6.92 Å². The standard InChI is InChI=1S/C22H24F2N8O/c1-12-14-3-4-15(19(14)29-27-12)25-21(33)16-9-32(30-28-16)8-13-2-5-17(26-18(13)20(23)24)31-10-22(11-31)6-7-22/h2,5,9,15,20H,3-4,6-8,10-11H2,1H3,(H,25,33)(H,27,29)/t15-/m1/s1. The molecule has 3 aliphatic rings. The maximum absolute atomic E-state index is 13.7. The number of alkyl halides is 2. The molecule has 1 amide bonds. The molecule has 3 aromatic rings. The fraction of sp³-hybridized carbons (Fsp3) is 0.500. The first-order chi connectivity index (χ1) is 15.9. The molecule has 0 bridgehead atoms. The van der Waals surface area contributed by atoms with Crippen molar-refractivity contribution in [1.82, 2.24) is 35.5 Å². The van der Waals surface area contributed by atoms with Crippen molar-refractivity contribution >= 4 is 11.7 Å². The van der Waals surface area contributed by atoms with Crippen molar-refractivity contribution in [3.8, 4) is 0 Å². The highest BCUT2D eigenvalue weighted by Gasteiger charge is 2.52. The van der Waals surface area contributed by atoms with Gasteiger partial charge in [-0.2, -0.15) is 5.10 Å². The predicted molar refractivity (Wildman–Crippen MR) is 114 cm³/mol. The average molecular weight is 454 g/mol. The molecule has 1 atom stereocenters. The van der Waals surface area contributed by atoms with Gasteiger partial charge in [0.25, 0.3) is 12.3 Å². The molecule has 3 aromatic heterocycles. The summed E-state index contributed by atoms with van der Waals surface area (Å²) in [6.45, 7) is 3.81. The zero-order valence-electron chi connectivity index (χ0n) is 18.2. The molecule has 0 unspecified atom stereocenters. The van der Waals surface area contributed by atoms with Gasteiger partial charge in [0.1, 0.15) is 11.5 Å². The van der Waals surface area contributed by atoms with Gasteiger partial charge in [0.05, 0.1) is 24.5 Å². The minimum absolute atomic E-state index is 0.0588. The minimum Gasteiger partial charge on any atom is -0.355 e. The van der Waals surface area contributed by atoms with Gasteiger partial charge in [0.2, 0.25) is 0 Å². The summed E-state index contributed by atoms with van der Waals surface area (Å²) in [5.74, 6) is 0.226. The van der Waals surface area contributed by atoms with Crippen molar-refractivity contribution in [3.05, 3.63) is 52.2 Å². The van der Waals surface area contributed by atoms with Gasteiger partial charge in [-0.05, 0) is 44.2 Å². The van der Waals surface area contributed by atoms with E-state index in [-0.39, 0.29) is 29.9 Å². The molecular weight excluding hydrogens is 430 g/mol. The van der Waals surface area contributed by atoms with E-state index in [9.17, 15) is 13.6 Å². The molecule has 4 heterocycles. The quantitative estimate of drug-likeness (QED) is 0.594. The number of aromatic nitrogens is 6. The Morgan fingerprint density at radius 3 is 2.91 bits per heavy atom. The topological polar surface area (TPSA) is 105 Å². The number of halogens is 2. The average Bonchev–Trinajstić information content (AvgIpc) is 3.08. The Morgan fingerprint density at radius 1 is 1.33 bits per heavy atom. The summed E-state index contributed by atoms with van der Waals surface area (Å²) in [6.07, 6.45) is 2.84. The Morgan fingerprint density at radius 2 is 2.15 bits per heavy atom. The second-order valence-corrected chi connectivity index (χ2v) is 9.45. The monoisotopic (exact) mass is 454 g/mol. The van der Waals surface area contributed by atoms with Gasteiger partial charge in [-0.25, -0.2) is 18.4 Å². The highest BCUT2D eigenvalue weighted by molar-refractivity contribution is 5.92. The van der Waals surface area contributed by atoms with Crippen molar-refractivity contribution in [2.75, 3.05) is 18.0 Å². The van der Waals surface area contributed by atoms with Crippen LogP contribution < -0.4 is 10.2 Å². The number of hydrogen-bond donors (Lipinski definition) is 2. The van der Waals surface area contributed by atoms with Gasteiger partial charge >= 0.3 is 0 Å². The van der Waals surface area contributed by atoms with E-state index in [1.165, 1.54) is 23.7 Å². The third-order valence-corrected chi connectivity index (χ3v) is 7.07. The van der Waals surface area contributed by atoms with Gasteiger partial charge in [-0.1, -0.05) is 11.3 Å². The fourth-order valence-corrected chi connectivity index (χ4v) is 4.94. The molecular formula is C22H24F2N8O. The predicted octanol–water partition coefficient (Wildman–Crippen LogP) is 2.71. The number of aryl methyl sites for hydroxylation is 1. The maximum atomic E-state index is 13.7. The zero-order valence-corrected chi connectivity index (χ0v) is 18.2. The SMILES string of the molecule is Cc1[nH]nc2c1CC[C@H]2NC(=O)c1cn(Cc2ccc(N3CC4(CC4)C3)nc2C(F)F)nn1. The van der Waals surface area contributed by atoms with Gasteiger partial charge in [-0.15, -0.1) is 5.10 Å². The van der Waals surface area contributed by atoms with E-state index in [4.69, 9.17) is 0 Å². The lowest BCUT2D eigenvalue weighted by molar-refractivity contribution is 0.0930. The number of rotatable bonds is 6. The third kappa shape index (κ3) is 3.55. The molecule has 172 valence electrons. The molecule has 2 fully saturated rings. The van der Waals surface area contributed by atoms with Crippen LogP contribution in [0.5, 0.6) is 0 Å². The number of nitrogens with one attached hydrogen (secondary N) is 2. The lowest BCUT2D eigenvalue weighted by atomic mass is 9.97. The summed E-state index contributed by atoms with van der Waals surface area (Å²) in [7, 11) is 0. The van der Waals surface area contributed by atoms with Gasteiger partial charge in [0.15, 0.2) is 5.69 Å². The molecule has 9 nitrogen and oxygen atoms in total. The van der Waals surface area contributed by atoms with E-state index in [0.717, 1.165) is 42.9 Å². The summed E-state index contributed by atoms with van der Waals surface area (Å²) in [5, 5.41) is 18.1. The number of hydrogen-bond acceptors (Lipinski definition) is 6. The van der Waals surface area contributed by atoms with Crippen molar-refractivity contribution < 1.29 is 13.6 Å². The number of aromatic amines is 1. The molecule has 2 N–H and O–H groups in total. The van der Waals surface area contributed by atoms with E-state index in [2.05, 4.69) is 35.7 Å². The lowest BCUT2D eigenvalue weighted by Gasteiger charge is -2.41. The van der Waals surface area contributed by atoms with Crippen LogP contribution >= 0.6 is 0 Å². The van der Waals surface area contributed by atoms with Crippen LogP contribution in [-0.4, -0.2) is 49.2 Å². The van der Waals surface area contributed by atoms with E-state index >= 15 is 0 Å². The van der Waals surface area contributed by atoms with Crippen LogP contribution in [0.1, 0.15) is 70.4 Å². The molecule has 0 radical (unpaired) electrons. The molecule has 1 spiro atoms. The first kappa shape index (κ1) is 20.3. The summed E-state index contributed by atoms with van der Waals surface area (Å²) in [4.78, 5) is 19.0. The van der Waals surface area contributed by atoms with Crippen LogP contribution in [0.25, 0.3) is 0 Å². The van der Waals surface area contributed by atoms with Crippen molar-refractivity contribution in [2.45, 2.75) is 51.6 Å². The molecule has 1 aliphatic heterocycles. The maximum Gasteiger partial charge on any atom is 0.280 e. The molecule has 2 aliphatic carbocycles. The second-order valence-electron chi connectivity index (χ2n) is 9.45. The van der Waals surface area contributed by atoms with Crippen LogP contribution in [0.15, 0.2) is 18.3 Å². The molecule has 6 rings (SSSR count). The number of amides is 1. The first-order valence-electron chi connectivity index (χ1n) is 11.2. The van der Waals surface area contributed by atoms with E-state index in [1.54, 1.807) is 12.1 Å². The van der Waals surface area contributed by atoms with Crippen LogP contribution in [0.2, 0.25) is 0 Å². The number of nitrogens with zero attached hydrogens (tertiary/aromatic N) is 6. The minimum atomic E-state index is -2.70. The van der Waals surface area contributed by atoms with Gasteiger partial charge in [-0.3, -0.25) is 9.89 Å². The number of anilines is 1. The lowest BCUT2D eigenvalue weighted by Crippen LogP contribution is -2.49. The molecule has 0 aromatic carbocycles. The molecule has 33 heavy (non-hydrogen) atoms. The third-order valence-electron chi connectivity index (χ3n) is 7.07. The van der Waals surface area contributed by atoms with Crippen molar-refractivity contribution in [2.24, 2.45) is 5.41 Å². The summed E-state index contributed by atoms with van der Waals surface area (Å²) in [5.41, 5.74) is 3.68. The Hall–Kier alpha value is -3.37. The Labute approximate surface area is 188 Å². The van der Waals surface area contributed by atoms with Crippen molar-refractivity contribution in [1.29, 1.82) is 0 Å². The summed E-state index contributed by atoms with van der Waals surface area (Å²) in [6, 6.07) is 3.27. The Kier molecular flexibility index (Phi) is 4.49. The first-order valence-corrected chi connectivity index (χ1v) is 11.2. The zero-order chi connectivity index (χ0) is 22.7. The number of H-pyrrole nitrogens is 1. The summed E-state index contributed by atoms with van der Waals surface area (Å²) < 4.78 is 28.9. The largest absolute Gasteiger partial charge is 0.355 e. The van der Waals surface area contributed by atoms with Crippen LogP contribution in [0.4, 0.5) is 14.6 Å². The number of fused-ring (bicyclic) bond motifs is 1. The Balaban J connectivity index is 1.15. The van der Waals surface area contributed by atoms with Crippen molar-refractivity contribution in [3.63, 3.8) is 0 Å². The molecule has 1 saturated heterocycles. The number of pyridine rings is 1. The second kappa shape index (κ2) is 7.32. The summed E-state index contributed by atoms with van der Waals surface area (Å²) >= 11 is 0. The highest BCUT2D eigenvalue weighted by atomic mass is 19.3.